The van der Waals surface area contributed by atoms with Crippen molar-refractivity contribution in [2.75, 3.05) is 6.61 Å². The summed E-state index contributed by atoms with van der Waals surface area (Å²) in [5.74, 6) is 1.43. The van der Waals surface area contributed by atoms with Crippen LogP contribution in [0.15, 0.2) is 0 Å². The molecule has 0 aliphatic rings. The van der Waals surface area contributed by atoms with Gasteiger partial charge in [-0.15, -0.1) is 0 Å². The van der Waals surface area contributed by atoms with Crippen molar-refractivity contribution in [1.82, 2.24) is 15.2 Å². The molecule has 0 aromatic carbocycles. The molecule has 5 heteroatoms. The molecule has 0 spiro atoms. The second kappa shape index (κ2) is 6.52. The van der Waals surface area contributed by atoms with Crippen LogP contribution in [-0.2, 0) is 9.53 Å². The van der Waals surface area contributed by atoms with E-state index < -0.39 is 0 Å². The minimum absolute atomic E-state index is 0.224. The van der Waals surface area contributed by atoms with Crippen molar-refractivity contribution in [2.45, 2.75) is 52.9 Å². The number of H-pyrrole nitrogens is 1. The van der Waals surface area contributed by atoms with Crippen LogP contribution in [0.5, 0.6) is 0 Å². The van der Waals surface area contributed by atoms with Crippen LogP contribution >= 0.6 is 0 Å². The number of carbonyl (C=O) groups is 1. The Labute approximate surface area is 108 Å². The minimum atomic E-state index is -0.343. The SMILES string of the molecule is CCOC(=O)C(CC(C)C)c1nc(C(C)C)n[nH]1. The molecular weight excluding hydrogens is 230 g/mol. The van der Waals surface area contributed by atoms with Gasteiger partial charge in [-0.3, -0.25) is 9.89 Å². The summed E-state index contributed by atoms with van der Waals surface area (Å²) in [5, 5.41) is 7.01. The molecule has 18 heavy (non-hydrogen) atoms. The predicted molar refractivity (Wildman–Crippen MR) is 69.3 cm³/mol. The summed E-state index contributed by atoms with van der Waals surface area (Å²) in [4.78, 5) is 16.3. The van der Waals surface area contributed by atoms with Gasteiger partial charge in [-0.05, 0) is 19.3 Å². The van der Waals surface area contributed by atoms with Gasteiger partial charge in [-0.25, -0.2) is 4.98 Å². The second-order valence-electron chi connectivity index (χ2n) is 5.17. The molecule has 1 aromatic rings. The Hall–Kier alpha value is -1.39. The summed E-state index contributed by atoms with van der Waals surface area (Å²) in [5.41, 5.74) is 0. The zero-order chi connectivity index (χ0) is 13.7. The Bertz CT molecular complexity index is 385. The highest BCUT2D eigenvalue weighted by atomic mass is 16.5. The molecule has 0 aliphatic heterocycles. The molecule has 0 amide bonds. The van der Waals surface area contributed by atoms with Gasteiger partial charge in [0.05, 0.1) is 6.61 Å². The highest BCUT2D eigenvalue weighted by Crippen LogP contribution is 2.23. The normalized spacial score (nSPS) is 13.1. The number of esters is 1. The van der Waals surface area contributed by atoms with Gasteiger partial charge in [-0.1, -0.05) is 27.7 Å². The third kappa shape index (κ3) is 3.82. The van der Waals surface area contributed by atoms with E-state index in [0.717, 1.165) is 5.82 Å². The lowest BCUT2D eigenvalue weighted by Gasteiger charge is -2.14. The van der Waals surface area contributed by atoms with Crippen LogP contribution in [0.2, 0.25) is 0 Å². The lowest BCUT2D eigenvalue weighted by Crippen LogP contribution is -2.19. The predicted octanol–water partition coefficient (Wildman–Crippen LogP) is 2.62. The molecule has 0 bridgehead atoms. The van der Waals surface area contributed by atoms with Crippen LogP contribution in [0.1, 0.15) is 64.5 Å². The van der Waals surface area contributed by atoms with Gasteiger partial charge in [0, 0.05) is 5.92 Å². The van der Waals surface area contributed by atoms with E-state index in [-0.39, 0.29) is 17.8 Å². The van der Waals surface area contributed by atoms with E-state index in [4.69, 9.17) is 4.74 Å². The zero-order valence-electron chi connectivity index (χ0n) is 11.9. The van der Waals surface area contributed by atoms with Crippen molar-refractivity contribution in [2.24, 2.45) is 5.92 Å². The molecule has 1 rings (SSSR count). The molecule has 1 aromatic heterocycles. The molecule has 1 heterocycles. The molecule has 0 saturated heterocycles. The minimum Gasteiger partial charge on any atom is -0.465 e. The molecule has 1 unspecified atom stereocenters. The quantitative estimate of drug-likeness (QED) is 0.791. The molecule has 1 N–H and O–H groups in total. The summed E-state index contributed by atoms with van der Waals surface area (Å²) in [6.45, 7) is 10.4. The maximum absolute atomic E-state index is 11.9. The smallest absolute Gasteiger partial charge is 0.316 e. The summed E-state index contributed by atoms with van der Waals surface area (Å²) < 4.78 is 5.10. The number of hydrogen-bond donors (Lipinski definition) is 1. The van der Waals surface area contributed by atoms with Gasteiger partial charge < -0.3 is 4.74 Å². The highest BCUT2D eigenvalue weighted by Gasteiger charge is 2.26. The zero-order valence-corrected chi connectivity index (χ0v) is 11.9. The Morgan fingerprint density at radius 1 is 1.33 bits per heavy atom. The van der Waals surface area contributed by atoms with E-state index in [1.807, 2.05) is 20.8 Å². The van der Waals surface area contributed by atoms with Gasteiger partial charge in [0.1, 0.15) is 11.7 Å². The van der Waals surface area contributed by atoms with E-state index in [0.29, 0.717) is 24.8 Å². The van der Waals surface area contributed by atoms with Crippen LogP contribution in [0.25, 0.3) is 0 Å². The average molecular weight is 253 g/mol. The lowest BCUT2D eigenvalue weighted by atomic mass is 9.96. The first-order chi connectivity index (χ1) is 8.45. The molecular formula is C13H23N3O2. The Balaban J connectivity index is 2.90. The Kier molecular flexibility index (Phi) is 5.31. The van der Waals surface area contributed by atoms with E-state index in [9.17, 15) is 4.79 Å². The van der Waals surface area contributed by atoms with Crippen LogP contribution in [0.3, 0.4) is 0 Å². The third-order valence-electron chi connectivity index (χ3n) is 2.64. The first-order valence-corrected chi connectivity index (χ1v) is 6.54. The van der Waals surface area contributed by atoms with Crippen LogP contribution < -0.4 is 0 Å². The van der Waals surface area contributed by atoms with E-state index >= 15 is 0 Å². The number of carbonyl (C=O) groups excluding carboxylic acids is 1. The summed E-state index contributed by atoms with van der Waals surface area (Å²) in [7, 11) is 0. The van der Waals surface area contributed by atoms with Crippen molar-refractivity contribution >= 4 is 5.97 Å². The fourth-order valence-electron chi connectivity index (χ4n) is 1.74. The van der Waals surface area contributed by atoms with Crippen molar-refractivity contribution in [3.63, 3.8) is 0 Å². The third-order valence-corrected chi connectivity index (χ3v) is 2.64. The summed E-state index contributed by atoms with van der Waals surface area (Å²) in [6.07, 6.45) is 0.714. The number of nitrogens with one attached hydrogen (secondary N) is 1. The standard InChI is InChI=1S/C13H23N3O2/c1-6-18-13(17)10(7-8(2)3)12-14-11(9(4)5)15-16-12/h8-10H,6-7H2,1-5H3,(H,14,15,16). The van der Waals surface area contributed by atoms with E-state index in [1.54, 1.807) is 0 Å². The number of ether oxygens (including phenoxy) is 1. The molecule has 0 fully saturated rings. The number of hydrogen-bond acceptors (Lipinski definition) is 4. The Morgan fingerprint density at radius 2 is 2.00 bits per heavy atom. The monoisotopic (exact) mass is 253 g/mol. The van der Waals surface area contributed by atoms with Crippen molar-refractivity contribution in [3.05, 3.63) is 11.6 Å². The number of aromatic nitrogens is 3. The molecule has 102 valence electrons. The van der Waals surface area contributed by atoms with E-state index in [2.05, 4.69) is 29.0 Å². The van der Waals surface area contributed by atoms with Gasteiger partial charge >= 0.3 is 5.97 Å². The molecule has 1 atom stereocenters. The van der Waals surface area contributed by atoms with Crippen molar-refractivity contribution < 1.29 is 9.53 Å². The molecule has 0 saturated carbocycles. The van der Waals surface area contributed by atoms with Crippen LogP contribution in [0, 0.1) is 5.92 Å². The van der Waals surface area contributed by atoms with E-state index in [1.165, 1.54) is 0 Å². The topological polar surface area (TPSA) is 67.9 Å². The summed E-state index contributed by atoms with van der Waals surface area (Å²) >= 11 is 0. The fraction of sp³-hybridized carbons (Fsp3) is 0.769. The summed E-state index contributed by atoms with van der Waals surface area (Å²) in [6, 6.07) is 0. The van der Waals surface area contributed by atoms with Gasteiger partial charge in [0.2, 0.25) is 0 Å². The first-order valence-electron chi connectivity index (χ1n) is 6.54. The second-order valence-corrected chi connectivity index (χ2v) is 5.17. The number of nitrogens with zero attached hydrogens (tertiary/aromatic N) is 2. The van der Waals surface area contributed by atoms with Gasteiger partial charge in [0.25, 0.3) is 0 Å². The average Bonchev–Trinajstić information content (AvgIpc) is 2.75. The van der Waals surface area contributed by atoms with Crippen LogP contribution in [0.4, 0.5) is 0 Å². The van der Waals surface area contributed by atoms with Crippen molar-refractivity contribution in [3.8, 4) is 0 Å². The molecule has 0 aliphatic carbocycles. The van der Waals surface area contributed by atoms with Crippen LogP contribution in [-0.4, -0.2) is 27.8 Å². The molecule has 5 nitrogen and oxygen atoms in total. The van der Waals surface area contributed by atoms with Gasteiger partial charge in [-0.2, -0.15) is 5.10 Å². The molecule has 0 radical (unpaired) electrons. The maximum atomic E-state index is 11.9. The largest absolute Gasteiger partial charge is 0.465 e. The highest BCUT2D eigenvalue weighted by molar-refractivity contribution is 5.77. The van der Waals surface area contributed by atoms with Gasteiger partial charge in [0.15, 0.2) is 5.82 Å². The number of aromatic amines is 1. The maximum Gasteiger partial charge on any atom is 0.316 e. The first kappa shape index (κ1) is 14.7. The fourth-order valence-corrected chi connectivity index (χ4v) is 1.74. The Morgan fingerprint density at radius 3 is 2.44 bits per heavy atom. The number of rotatable bonds is 6. The van der Waals surface area contributed by atoms with Crippen molar-refractivity contribution in [1.29, 1.82) is 0 Å². The lowest BCUT2D eigenvalue weighted by molar-refractivity contribution is -0.145.